The summed E-state index contributed by atoms with van der Waals surface area (Å²) in [7, 11) is 4.62. The van der Waals surface area contributed by atoms with Gasteiger partial charge in [0, 0.05) is 0 Å². The van der Waals surface area contributed by atoms with Crippen molar-refractivity contribution >= 4 is 5.97 Å². The third-order valence-electron chi connectivity index (χ3n) is 4.50. The van der Waals surface area contributed by atoms with Crippen LogP contribution in [0.4, 0.5) is 0 Å². The zero-order valence-electron chi connectivity index (χ0n) is 15.2. The molecule has 0 spiro atoms. The standard InChI is InChI=1S/C20H23NO5/c1-23-18-10-13-8-9-21-16(15(13)11-19(18)24-2)12-26-17-7-5-4-6-14(17)20(22)25-3/h4-7,10-11,16,21H,8-9,12H2,1-3H3. The molecule has 2 aromatic rings. The first-order valence-electron chi connectivity index (χ1n) is 8.46. The Kier molecular flexibility index (Phi) is 5.63. The minimum atomic E-state index is -0.413. The molecule has 0 radical (unpaired) electrons. The molecule has 0 saturated heterocycles. The van der Waals surface area contributed by atoms with Crippen molar-refractivity contribution in [1.82, 2.24) is 5.32 Å². The number of methoxy groups -OCH3 is 3. The molecule has 0 aliphatic carbocycles. The molecule has 0 saturated carbocycles. The van der Waals surface area contributed by atoms with Crippen LogP contribution in [0.2, 0.25) is 0 Å². The van der Waals surface area contributed by atoms with Crippen molar-refractivity contribution in [2.75, 3.05) is 34.5 Å². The third-order valence-corrected chi connectivity index (χ3v) is 4.50. The van der Waals surface area contributed by atoms with Crippen molar-refractivity contribution in [3.05, 3.63) is 53.1 Å². The number of carbonyl (C=O) groups excluding carboxylic acids is 1. The molecule has 0 aromatic heterocycles. The molecule has 138 valence electrons. The van der Waals surface area contributed by atoms with Gasteiger partial charge in [0.15, 0.2) is 11.5 Å². The molecule has 3 rings (SSSR count). The molecular formula is C20H23NO5. The number of para-hydroxylation sites is 1. The summed E-state index contributed by atoms with van der Waals surface area (Å²) < 4.78 is 21.6. The molecule has 0 fully saturated rings. The molecular weight excluding hydrogens is 334 g/mol. The van der Waals surface area contributed by atoms with Crippen LogP contribution in [0.3, 0.4) is 0 Å². The number of nitrogens with one attached hydrogen (secondary N) is 1. The predicted octanol–water partition coefficient (Wildman–Crippen LogP) is 2.76. The van der Waals surface area contributed by atoms with Crippen molar-refractivity contribution < 1.29 is 23.7 Å². The minimum absolute atomic E-state index is 0.00995. The first-order chi connectivity index (χ1) is 12.7. The van der Waals surface area contributed by atoms with E-state index in [0.29, 0.717) is 23.7 Å². The lowest BCUT2D eigenvalue weighted by atomic mass is 9.94. The van der Waals surface area contributed by atoms with Crippen LogP contribution >= 0.6 is 0 Å². The molecule has 1 N–H and O–H groups in total. The topological polar surface area (TPSA) is 66.0 Å². The van der Waals surface area contributed by atoms with Gasteiger partial charge in [0.25, 0.3) is 0 Å². The number of hydrogen-bond donors (Lipinski definition) is 1. The SMILES string of the molecule is COC(=O)c1ccccc1OCC1NCCc2cc(OC)c(OC)cc21. The smallest absolute Gasteiger partial charge is 0.341 e. The average molecular weight is 357 g/mol. The largest absolute Gasteiger partial charge is 0.493 e. The van der Waals surface area contributed by atoms with E-state index in [0.717, 1.165) is 24.3 Å². The summed E-state index contributed by atoms with van der Waals surface area (Å²) in [6, 6.07) is 11.1. The first kappa shape index (κ1) is 18.1. The molecule has 1 unspecified atom stereocenters. The molecule has 0 amide bonds. The fraction of sp³-hybridized carbons (Fsp3) is 0.350. The lowest BCUT2D eigenvalue weighted by Crippen LogP contribution is -2.33. The lowest BCUT2D eigenvalue weighted by Gasteiger charge is -2.28. The maximum atomic E-state index is 11.9. The normalized spacial score (nSPS) is 15.7. The second-order valence-electron chi connectivity index (χ2n) is 5.96. The molecule has 1 aliphatic rings. The van der Waals surface area contributed by atoms with Gasteiger partial charge >= 0.3 is 5.97 Å². The fourth-order valence-electron chi connectivity index (χ4n) is 3.16. The summed E-state index contributed by atoms with van der Waals surface area (Å²) in [5.41, 5.74) is 2.74. The second kappa shape index (κ2) is 8.10. The Morgan fingerprint density at radius 2 is 1.81 bits per heavy atom. The van der Waals surface area contributed by atoms with E-state index in [4.69, 9.17) is 18.9 Å². The summed E-state index contributed by atoms with van der Waals surface area (Å²) in [5, 5.41) is 3.46. The van der Waals surface area contributed by atoms with Crippen molar-refractivity contribution in [3.63, 3.8) is 0 Å². The molecule has 2 aromatic carbocycles. The molecule has 26 heavy (non-hydrogen) atoms. The van der Waals surface area contributed by atoms with Crippen LogP contribution < -0.4 is 19.5 Å². The van der Waals surface area contributed by atoms with Gasteiger partial charge in [-0.3, -0.25) is 0 Å². The van der Waals surface area contributed by atoms with Gasteiger partial charge in [0.2, 0.25) is 0 Å². The van der Waals surface area contributed by atoms with Gasteiger partial charge < -0.3 is 24.3 Å². The summed E-state index contributed by atoms with van der Waals surface area (Å²) in [4.78, 5) is 11.9. The Morgan fingerprint density at radius 1 is 1.08 bits per heavy atom. The highest BCUT2D eigenvalue weighted by atomic mass is 16.5. The van der Waals surface area contributed by atoms with Crippen LogP contribution in [0.1, 0.15) is 27.5 Å². The average Bonchev–Trinajstić information content (AvgIpc) is 2.70. The Bertz CT molecular complexity index is 790. The zero-order valence-corrected chi connectivity index (χ0v) is 15.2. The maximum Gasteiger partial charge on any atom is 0.341 e. The van der Waals surface area contributed by atoms with E-state index in [2.05, 4.69) is 5.32 Å². The first-order valence-corrected chi connectivity index (χ1v) is 8.46. The summed E-state index contributed by atoms with van der Waals surface area (Å²) in [6.07, 6.45) is 0.908. The van der Waals surface area contributed by atoms with E-state index < -0.39 is 5.97 Å². The van der Waals surface area contributed by atoms with E-state index in [1.807, 2.05) is 18.2 Å². The van der Waals surface area contributed by atoms with E-state index in [1.165, 1.54) is 12.7 Å². The van der Waals surface area contributed by atoms with Crippen LogP contribution in [0.15, 0.2) is 36.4 Å². The Morgan fingerprint density at radius 3 is 2.54 bits per heavy atom. The number of benzene rings is 2. The van der Waals surface area contributed by atoms with Gasteiger partial charge in [-0.15, -0.1) is 0 Å². The van der Waals surface area contributed by atoms with Crippen molar-refractivity contribution in [2.45, 2.75) is 12.5 Å². The number of hydrogen-bond acceptors (Lipinski definition) is 6. The highest BCUT2D eigenvalue weighted by Gasteiger charge is 2.24. The molecule has 1 atom stereocenters. The van der Waals surface area contributed by atoms with Crippen molar-refractivity contribution in [2.24, 2.45) is 0 Å². The molecule has 0 bridgehead atoms. The van der Waals surface area contributed by atoms with Gasteiger partial charge in [-0.2, -0.15) is 0 Å². The van der Waals surface area contributed by atoms with Gasteiger partial charge in [0.1, 0.15) is 17.9 Å². The van der Waals surface area contributed by atoms with E-state index >= 15 is 0 Å². The highest BCUT2D eigenvalue weighted by molar-refractivity contribution is 5.92. The van der Waals surface area contributed by atoms with Crippen LogP contribution in [0.25, 0.3) is 0 Å². The van der Waals surface area contributed by atoms with E-state index in [9.17, 15) is 4.79 Å². The van der Waals surface area contributed by atoms with Crippen LogP contribution in [-0.2, 0) is 11.2 Å². The van der Waals surface area contributed by atoms with Crippen molar-refractivity contribution in [3.8, 4) is 17.2 Å². The molecule has 1 heterocycles. The van der Waals surface area contributed by atoms with Crippen molar-refractivity contribution in [1.29, 1.82) is 0 Å². The van der Waals surface area contributed by atoms with Gasteiger partial charge in [-0.1, -0.05) is 12.1 Å². The number of ether oxygens (including phenoxy) is 4. The summed E-state index contributed by atoms with van der Waals surface area (Å²) in [6.45, 7) is 1.23. The Hall–Kier alpha value is -2.73. The minimum Gasteiger partial charge on any atom is -0.493 e. The maximum absolute atomic E-state index is 11.9. The lowest BCUT2D eigenvalue weighted by molar-refractivity contribution is 0.0595. The fourth-order valence-corrected chi connectivity index (χ4v) is 3.16. The summed E-state index contributed by atoms with van der Waals surface area (Å²) in [5.74, 6) is 1.51. The number of rotatable bonds is 6. The zero-order chi connectivity index (χ0) is 18.5. The highest BCUT2D eigenvalue weighted by Crippen LogP contribution is 2.35. The summed E-state index contributed by atoms with van der Waals surface area (Å²) >= 11 is 0. The Balaban J connectivity index is 1.82. The van der Waals surface area contributed by atoms with Gasteiger partial charge in [-0.05, 0) is 48.4 Å². The number of esters is 1. The second-order valence-corrected chi connectivity index (χ2v) is 5.96. The third kappa shape index (κ3) is 3.60. The quantitative estimate of drug-likeness (QED) is 0.802. The van der Waals surface area contributed by atoms with E-state index in [1.54, 1.807) is 32.4 Å². The number of carbonyl (C=O) groups is 1. The van der Waals surface area contributed by atoms with Crippen LogP contribution in [0, 0.1) is 0 Å². The van der Waals surface area contributed by atoms with Gasteiger partial charge in [-0.25, -0.2) is 4.79 Å². The predicted molar refractivity (Wildman–Crippen MR) is 97.3 cm³/mol. The molecule has 1 aliphatic heterocycles. The van der Waals surface area contributed by atoms with Crippen LogP contribution in [0.5, 0.6) is 17.2 Å². The molecule has 6 heteroatoms. The molecule has 6 nitrogen and oxygen atoms in total. The monoisotopic (exact) mass is 357 g/mol. The van der Waals surface area contributed by atoms with Crippen LogP contribution in [-0.4, -0.2) is 40.5 Å². The number of fused-ring (bicyclic) bond motifs is 1. The Labute approximate surface area is 153 Å². The van der Waals surface area contributed by atoms with E-state index in [-0.39, 0.29) is 6.04 Å². The van der Waals surface area contributed by atoms with Gasteiger partial charge in [0.05, 0.1) is 27.4 Å².